The van der Waals surface area contributed by atoms with Crippen molar-refractivity contribution >= 4 is 11.9 Å². The first-order valence-corrected chi connectivity index (χ1v) is 13.0. The lowest BCUT2D eigenvalue weighted by molar-refractivity contribution is -0.147. The van der Waals surface area contributed by atoms with Gasteiger partial charge >= 0.3 is 5.97 Å². The number of amides is 1. The second kappa shape index (κ2) is 12.7. The molecule has 0 saturated heterocycles. The van der Waals surface area contributed by atoms with Crippen LogP contribution in [0.15, 0.2) is 48.7 Å². The van der Waals surface area contributed by atoms with Crippen LogP contribution >= 0.6 is 0 Å². The van der Waals surface area contributed by atoms with Crippen molar-refractivity contribution in [3.8, 4) is 17.2 Å². The lowest BCUT2D eigenvalue weighted by atomic mass is 9.78. The predicted octanol–water partition coefficient (Wildman–Crippen LogP) is 3.28. The molecule has 2 aliphatic rings. The first kappa shape index (κ1) is 27.3. The van der Waals surface area contributed by atoms with Crippen molar-refractivity contribution in [2.24, 2.45) is 5.92 Å². The normalized spacial score (nSPS) is 18.8. The number of ether oxygens (including phenoxy) is 3. The number of carbonyl (C=O) groups is 2. The maximum Gasteiger partial charge on any atom is 0.306 e. The maximum absolute atomic E-state index is 11.7. The molecule has 1 saturated carbocycles. The molecular formula is C29H37N3O6. The Morgan fingerprint density at radius 2 is 2.03 bits per heavy atom. The largest absolute Gasteiger partial charge is 0.493 e. The summed E-state index contributed by atoms with van der Waals surface area (Å²) in [5.41, 5.74) is 3.48. The summed E-state index contributed by atoms with van der Waals surface area (Å²) in [5.74, 6) is 0.962. The van der Waals surface area contributed by atoms with Gasteiger partial charge in [-0.1, -0.05) is 18.2 Å². The van der Waals surface area contributed by atoms with E-state index in [0.29, 0.717) is 50.6 Å². The van der Waals surface area contributed by atoms with Gasteiger partial charge in [0, 0.05) is 44.4 Å². The summed E-state index contributed by atoms with van der Waals surface area (Å²) in [5, 5.41) is 15.0. The van der Waals surface area contributed by atoms with Crippen molar-refractivity contribution in [2.75, 3.05) is 33.9 Å². The van der Waals surface area contributed by atoms with Gasteiger partial charge in [-0.15, -0.1) is 0 Å². The minimum absolute atomic E-state index is 0.100. The Morgan fingerprint density at radius 3 is 2.76 bits per heavy atom. The average molecular weight is 524 g/mol. The van der Waals surface area contributed by atoms with E-state index in [2.05, 4.69) is 34.6 Å². The summed E-state index contributed by atoms with van der Waals surface area (Å²) in [7, 11) is 3.33. The highest BCUT2D eigenvalue weighted by Gasteiger charge is 2.40. The minimum atomic E-state index is -0.721. The third-order valence-corrected chi connectivity index (χ3v) is 7.28. The Morgan fingerprint density at radius 1 is 1.21 bits per heavy atom. The Balaban J connectivity index is 1.44. The molecule has 38 heavy (non-hydrogen) atoms. The van der Waals surface area contributed by atoms with Crippen LogP contribution in [0.25, 0.3) is 0 Å². The molecule has 9 nitrogen and oxygen atoms in total. The fourth-order valence-electron chi connectivity index (χ4n) is 4.99. The number of hydrogen-bond acceptors (Lipinski definition) is 7. The molecule has 1 unspecified atom stereocenters. The highest BCUT2D eigenvalue weighted by atomic mass is 16.5. The lowest BCUT2D eigenvalue weighted by Crippen LogP contribution is -2.47. The quantitative estimate of drug-likeness (QED) is 0.271. The molecule has 1 aliphatic carbocycles. The fraction of sp³-hybridized carbons (Fsp3) is 0.448. The van der Waals surface area contributed by atoms with Crippen LogP contribution < -0.4 is 24.8 Å². The van der Waals surface area contributed by atoms with E-state index >= 15 is 0 Å². The number of methoxy groups -OCH3 is 1. The molecule has 1 amide bonds. The molecule has 1 fully saturated rings. The summed E-state index contributed by atoms with van der Waals surface area (Å²) in [6.07, 6.45) is 5.17. The Labute approximate surface area is 223 Å². The van der Waals surface area contributed by atoms with Crippen LogP contribution in [0, 0.1) is 5.92 Å². The van der Waals surface area contributed by atoms with Gasteiger partial charge in [0.2, 0.25) is 5.91 Å². The number of carboxylic acid groups (broad SMARTS) is 1. The molecule has 2 aromatic rings. The topological polar surface area (TPSA) is 109 Å². The highest BCUT2D eigenvalue weighted by molar-refractivity contribution is 5.87. The van der Waals surface area contributed by atoms with Crippen LogP contribution in [-0.2, 0) is 22.6 Å². The SMILES string of the molecule is CN/C=C\C(=O)NCCOc1ccc(CN(C2CC(C(=O)O)C2)C(C)c2ccc3c(c2)CCO3)cc1OC. The molecule has 3 N–H and O–H groups in total. The molecule has 1 heterocycles. The van der Waals surface area contributed by atoms with Gasteiger partial charge in [0.25, 0.3) is 0 Å². The van der Waals surface area contributed by atoms with E-state index in [-0.39, 0.29) is 23.9 Å². The van der Waals surface area contributed by atoms with E-state index in [9.17, 15) is 14.7 Å². The third kappa shape index (κ3) is 6.58. The minimum Gasteiger partial charge on any atom is -0.493 e. The Bertz CT molecular complexity index is 1160. The number of aliphatic carboxylic acids is 1. The fourth-order valence-corrected chi connectivity index (χ4v) is 4.99. The van der Waals surface area contributed by atoms with Gasteiger partial charge in [0.15, 0.2) is 11.5 Å². The van der Waals surface area contributed by atoms with Gasteiger partial charge < -0.3 is 30.0 Å². The molecule has 1 aliphatic heterocycles. The zero-order valence-electron chi connectivity index (χ0n) is 22.2. The van der Waals surface area contributed by atoms with Crippen molar-refractivity contribution in [3.05, 3.63) is 65.4 Å². The van der Waals surface area contributed by atoms with Gasteiger partial charge in [0.1, 0.15) is 12.4 Å². The molecule has 9 heteroatoms. The summed E-state index contributed by atoms with van der Waals surface area (Å²) in [6.45, 7) is 4.21. The smallest absolute Gasteiger partial charge is 0.306 e. The number of nitrogens with one attached hydrogen (secondary N) is 2. The van der Waals surface area contributed by atoms with Crippen molar-refractivity contribution in [1.29, 1.82) is 0 Å². The molecule has 0 bridgehead atoms. The molecule has 0 radical (unpaired) electrons. The molecular weight excluding hydrogens is 486 g/mol. The Hall–Kier alpha value is -3.72. The number of carboxylic acids is 1. The number of hydrogen-bond donors (Lipinski definition) is 3. The summed E-state index contributed by atoms with van der Waals surface area (Å²) in [4.78, 5) is 25.6. The summed E-state index contributed by atoms with van der Waals surface area (Å²) >= 11 is 0. The van der Waals surface area contributed by atoms with Crippen molar-refractivity contribution in [2.45, 2.75) is 44.8 Å². The van der Waals surface area contributed by atoms with E-state index in [1.54, 1.807) is 20.4 Å². The Kier molecular flexibility index (Phi) is 9.12. The van der Waals surface area contributed by atoms with Crippen molar-refractivity contribution in [1.82, 2.24) is 15.5 Å². The summed E-state index contributed by atoms with van der Waals surface area (Å²) in [6, 6.07) is 12.5. The van der Waals surface area contributed by atoms with E-state index < -0.39 is 5.97 Å². The molecule has 204 valence electrons. The maximum atomic E-state index is 11.7. The summed E-state index contributed by atoms with van der Waals surface area (Å²) < 4.78 is 17.1. The van der Waals surface area contributed by atoms with E-state index in [4.69, 9.17) is 14.2 Å². The van der Waals surface area contributed by atoms with Crippen LogP contribution in [0.5, 0.6) is 17.2 Å². The monoisotopic (exact) mass is 523 g/mol. The molecule has 2 aromatic carbocycles. The van der Waals surface area contributed by atoms with Crippen molar-refractivity contribution < 1.29 is 28.9 Å². The molecule has 4 rings (SSSR count). The van der Waals surface area contributed by atoms with Crippen LogP contribution in [0.1, 0.15) is 42.5 Å². The molecule has 0 aromatic heterocycles. The third-order valence-electron chi connectivity index (χ3n) is 7.28. The van der Waals surface area contributed by atoms with Crippen LogP contribution in [0.2, 0.25) is 0 Å². The number of nitrogens with zero attached hydrogens (tertiary/aromatic N) is 1. The van der Waals surface area contributed by atoms with Crippen LogP contribution in [0.3, 0.4) is 0 Å². The average Bonchev–Trinajstić information content (AvgIpc) is 3.36. The number of benzene rings is 2. The highest BCUT2D eigenvalue weighted by Crippen LogP contribution is 2.39. The standard InChI is InChI=1S/C29H37N3O6/c1-19(21-5-7-25-22(15-21)9-12-37-25)32(24-16-23(17-24)29(34)35)18-20-4-6-26(27(14-20)36-3)38-13-11-31-28(33)8-10-30-2/h4-8,10,14-15,19,23-24,30H,9,11-13,16-18H2,1-3H3,(H,31,33)(H,34,35)/b10-8-. The van der Waals surface area contributed by atoms with E-state index in [1.165, 1.54) is 17.2 Å². The van der Waals surface area contributed by atoms with Gasteiger partial charge in [0.05, 0.1) is 26.2 Å². The number of rotatable bonds is 13. The zero-order valence-corrected chi connectivity index (χ0v) is 22.2. The lowest BCUT2D eigenvalue weighted by Gasteiger charge is -2.44. The number of fused-ring (bicyclic) bond motifs is 1. The van der Waals surface area contributed by atoms with Gasteiger partial charge in [-0.2, -0.15) is 0 Å². The van der Waals surface area contributed by atoms with Gasteiger partial charge in [-0.3, -0.25) is 14.5 Å². The first-order valence-electron chi connectivity index (χ1n) is 13.0. The van der Waals surface area contributed by atoms with Gasteiger partial charge in [-0.25, -0.2) is 0 Å². The number of carbonyl (C=O) groups excluding carboxylic acids is 1. The van der Waals surface area contributed by atoms with Crippen LogP contribution in [0.4, 0.5) is 0 Å². The van der Waals surface area contributed by atoms with E-state index in [1.807, 2.05) is 24.3 Å². The van der Waals surface area contributed by atoms with E-state index in [0.717, 1.165) is 17.7 Å². The van der Waals surface area contributed by atoms with Crippen LogP contribution in [-0.4, -0.2) is 61.8 Å². The second-order valence-corrected chi connectivity index (χ2v) is 9.72. The first-order chi connectivity index (χ1) is 18.4. The van der Waals surface area contributed by atoms with Crippen molar-refractivity contribution in [3.63, 3.8) is 0 Å². The van der Waals surface area contributed by atoms with Gasteiger partial charge in [-0.05, 0) is 54.7 Å². The second-order valence-electron chi connectivity index (χ2n) is 9.72. The zero-order chi connectivity index (χ0) is 27.1. The molecule has 1 atom stereocenters. The molecule has 0 spiro atoms. The predicted molar refractivity (Wildman–Crippen MR) is 143 cm³/mol.